The Hall–Kier alpha value is -2.41. The van der Waals surface area contributed by atoms with Gasteiger partial charge < -0.3 is 14.5 Å². The van der Waals surface area contributed by atoms with E-state index >= 15 is 0 Å². The van der Waals surface area contributed by atoms with E-state index in [0.29, 0.717) is 30.6 Å². The molecule has 0 saturated carbocycles. The number of imide groups is 1. The number of hydrogen-bond donors (Lipinski definition) is 0. The minimum atomic E-state index is -0.494. The molecule has 7 heteroatoms. The van der Waals surface area contributed by atoms with E-state index in [1.54, 1.807) is 36.2 Å². The van der Waals surface area contributed by atoms with Crippen LogP contribution >= 0.6 is 0 Å². The third-order valence-corrected chi connectivity index (χ3v) is 4.54. The topological polar surface area (TPSA) is 70.2 Å². The number of amides is 3. The highest BCUT2D eigenvalue weighted by molar-refractivity contribution is 6.21. The van der Waals surface area contributed by atoms with Gasteiger partial charge >= 0.3 is 6.09 Å². The van der Waals surface area contributed by atoms with Gasteiger partial charge in [0, 0.05) is 20.1 Å². The number of carbonyl (C=O) groups excluding carboxylic acids is 3. The van der Waals surface area contributed by atoms with Gasteiger partial charge in [-0.3, -0.25) is 14.5 Å². The molecule has 0 fully saturated rings. The zero-order valence-electron chi connectivity index (χ0n) is 17.5. The van der Waals surface area contributed by atoms with Crippen LogP contribution in [0.2, 0.25) is 0 Å². The lowest BCUT2D eigenvalue weighted by Crippen LogP contribution is -2.36. The van der Waals surface area contributed by atoms with Crippen LogP contribution in [0.5, 0.6) is 0 Å². The summed E-state index contributed by atoms with van der Waals surface area (Å²) in [5, 5.41) is 0. The van der Waals surface area contributed by atoms with Gasteiger partial charge in [0.05, 0.1) is 11.1 Å². The van der Waals surface area contributed by atoms with E-state index < -0.39 is 5.60 Å². The minimum Gasteiger partial charge on any atom is -0.444 e. The van der Waals surface area contributed by atoms with Crippen molar-refractivity contribution < 1.29 is 19.1 Å². The van der Waals surface area contributed by atoms with Crippen LogP contribution in [0.25, 0.3) is 0 Å². The maximum atomic E-state index is 12.3. The Balaban J connectivity index is 1.67. The number of nitrogens with zero attached hydrogens (tertiary/aromatic N) is 3. The van der Waals surface area contributed by atoms with Crippen molar-refractivity contribution in [3.05, 3.63) is 35.4 Å². The van der Waals surface area contributed by atoms with Crippen LogP contribution in [0.1, 0.15) is 54.3 Å². The van der Waals surface area contributed by atoms with Gasteiger partial charge in [-0.2, -0.15) is 0 Å². The second-order valence-electron chi connectivity index (χ2n) is 8.22. The molecule has 0 radical (unpaired) electrons. The van der Waals surface area contributed by atoms with Crippen LogP contribution in [0.15, 0.2) is 24.3 Å². The Morgan fingerprint density at radius 2 is 1.50 bits per heavy atom. The molecule has 0 aliphatic carbocycles. The number of benzene rings is 1. The number of hydrogen-bond acceptors (Lipinski definition) is 5. The molecule has 1 aromatic rings. The maximum Gasteiger partial charge on any atom is 0.410 e. The Labute approximate surface area is 167 Å². The van der Waals surface area contributed by atoms with Gasteiger partial charge in [-0.05, 0) is 65.9 Å². The van der Waals surface area contributed by atoms with Crippen LogP contribution in [0.3, 0.4) is 0 Å². The van der Waals surface area contributed by atoms with Crippen molar-refractivity contribution in [1.82, 2.24) is 14.7 Å². The highest BCUT2D eigenvalue weighted by atomic mass is 16.6. The van der Waals surface area contributed by atoms with E-state index in [1.165, 1.54) is 4.90 Å². The van der Waals surface area contributed by atoms with Gasteiger partial charge in [0.1, 0.15) is 5.60 Å². The molecule has 1 aliphatic rings. The molecule has 0 bridgehead atoms. The van der Waals surface area contributed by atoms with Crippen molar-refractivity contribution in [3.8, 4) is 0 Å². The second kappa shape index (κ2) is 9.19. The van der Waals surface area contributed by atoms with Crippen molar-refractivity contribution in [1.29, 1.82) is 0 Å². The summed E-state index contributed by atoms with van der Waals surface area (Å²) in [5.41, 5.74) is 0.490. The molecule has 1 aliphatic heterocycles. The first-order valence-electron chi connectivity index (χ1n) is 9.68. The fourth-order valence-electron chi connectivity index (χ4n) is 3.06. The van der Waals surface area contributed by atoms with Crippen LogP contribution in [0, 0.1) is 0 Å². The standard InChI is InChI=1S/C21H31N3O4/c1-21(2,3)28-20(27)23(5)14-8-12-22(4)13-9-15-24-18(25)16-10-6-7-11-17(16)19(24)26/h6-7,10-11H,8-9,12-15H2,1-5H3. The van der Waals surface area contributed by atoms with Crippen molar-refractivity contribution in [2.45, 2.75) is 39.2 Å². The van der Waals surface area contributed by atoms with E-state index in [1.807, 2.05) is 27.8 Å². The molecule has 0 unspecified atom stereocenters. The molecule has 154 valence electrons. The number of rotatable bonds is 8. The van der Waals surface area contributed by atoms with E-state index in [2.05, 4.69) is 4.90 Å². The lowest BCUT2D eigenvalue weighted by atomic mass is 10.1. The molecule has 0 N–H and O–H groups in total. The SMILES string of the molecule is CN(CCCN(C)C(=O)OC(C)(C)C)CCCN1C(=O)c2ccccc2C1=O. The largest absolute Gasteiger partial charge is 0.444 e. The smallest absolute Gasteiger partial charge is 0.410 e. The van der Waals surface area contributed by atoms with E-state index in [4.69, 9.17) is 4.74 Å². The highest BCUT2D eigenvalue weighted by Gasteiger charge is 2.34. The zero-order valence-corrected chi connectivity index (χ0v) is 17.5. The Bertz CT molecular complexity index is 692. The summed E-state index contributed by atoms with van der Waals surface area (Å²) in [5.74, 6) is -0.413. The third-order valence-electron chi connectivity index (χ3n) is 4.54. The molecular weight excluding hydrogens is 358 g/mol. The highest BCUT2D eigenvalue weighted by Crippen LogP contribution is 2.22. The normalized spacial score (nSPS) is 13.9. The predicted molar refractivity (Wildman–Crippen MR) is 107 cm³/mol. The van der Waals surface area contributed by atoms with E-state index in [0.717, 1.165) is 19.5 Å². The molecule has 3 amide bonds. The number of fused-ring (bicyclic) bond motifs is 1. The fraction of sp³-hybridized carbons (Fsp3) is 0.571. The van der Waals surface area contributed by atoms with Gasteiger partial charge in [-0.1, -0.05) is 12.1 Å². The van der Waals surface area contributed by atoms with Crippen molar-refractivity contribution >= 4 is 17.9 Å². The van der Waals surface area contributed by atoms with Crippen LogP contribution in [-0.2, 0) is 4.74 Å². The van der Waals surface area contributed by atoms with Gasteiger partial charge in [-0.15, -0.1) is 0 Å². The lowest BCUT2D eigenvalue weighted by Gasteiger charge is -2.25. The average Bonchev–Trinajstić information content (AvgIpc) is 2.85. The van der Waals surface area contributed by atoms with E-state index in [-0.39, 0.29) is 17.9 Å². The summed E-state index contributed by atoms with van der Waals surface area (Å²) in [7, 11) is 3.73. The summed E-state index contributed by atoms with van der Waals surface area (Å²) < 4.78 is 5.33. The Kier molecular flexibility index (Phi) is 7.18. The number of carbonyl (C=O) groups is 3. The monoisotopic (exact) mass is 389 g/mol. The van der Waals surface area contributed by atoms with Crippen LogP contribution in [-0.4, -0.2) is 78.5 Å². The van der Waals surface area contributed by atoms with Gasteiger partial charge in [0.25, 0.3) is 11.8 Å². The van der Waals surface area contributed by atoms with Gasteiger partial charge in [0.2, 0.25) is 0 Å². The fourth-order valence-corrected chi connectivity index (χ4v) is 3.06. The molecule has 1 aromatic carbocycles. The Morgan fingerprint density at radius 1 is 0.964 bits per heavy atom. The molecule has 7 nitrogen and oxygen atoms in total. The van der Waals surface area contributed by atoms with Gasteiger partial charge in [0.15, 0.2) is 0 Å². The molecule has 28 heavy (non-hydrogen) atoms. The summed E-state index contributed by atoms with van der Waals surface area (Å²) in [6.45, 7) is 8.15. The first-order chi connectivity index (χ1) is 13.1. The zero-order chi connectivity index (χ0) is 20.9. The van der Waals surface area contributed by atoms with Crippen molar-refractivity contribution in [3.63, 3.8) is 0 Å². The second-order valence-corrected chi connectivity index (χ2v) is 8.22. The number of ether oxygens (including phenoxy) is 1. The molecule has 0 atom stereocenters. The van der Waals surface area contributed by atoms with Crippen molar-refractivity contribution in [2.75, 3.05) is 40.3 Å². The molecule has 0 spiro atoms. The minimum absolute atomic E-state index is 0.206. The summed E-state index contributed by atoms with van der Waals surface area (Å²) in [6.07, 6.45) is 1.21. The molecule has 0 aromatic heterocycles. The maximum absolute atomic E-state index is 12.3. The molecule has 1 heterocycles. The third kappa shape index (κ3) is 5.79. The first kappa shape index (κ1) is 21.9. The molecule has 2 rings (SSSR count). The van der Waals surface area contributed by atoms with Crippen LogP contribution < -0.4 is 0 Å². The quantitative estimate of drug-likeness (QED) is 0.640. The van der Waals surface area contributed by atoms with E-state index in [9.17, 15) is 14.4 Å². The van der Waals surface area contributed by atoms with Crippen LogP contribution in [0.4, 0.5) is 4.79 Å². The summed E-state index contributed by atoms with van der Waals surface area (Å²) in [4.78, 5) is 41.6. The predicted octanol–water partition coefficient (Wildman–Crippen LogP) is 2.86. The molecular formula is C21H31N3O4. The van der Waals surface area contributed by atoms with Crippen molar-refractivity contribution in [2.24, 2.45) is 0 Å². The first-order valence-corrected chi connectivity index (χ1v) is 9.68. The lowest BCUT2D eigenvalue weighted by molar-refractivity contribution is 0.0293. The average molecular weight is 389 g/mol. The van der Waals surface area contributed by atoms with Gasteiger partial charge in [-0.25, -0.2) is 4.79 Å². The summed E-state index contributed by atoms with van der Waals surface area (Å²) in [6, 6.07) is 6.94. The molecule has 0 saturated heterocycles. The Morgan fingerprint density at radius 3 is 2.04 bits per heavy atom. The summed E-state index contributed by atoms with van der Waals surface area (Å²) >= 11 is 0.